The Bertz CT molecular complexity index is 1160. The van der Waals surface area contributed by atoms with Crippen molar-refractivity contribution in [2.24, 2.45) is 0 Å². The summed E-state index contributed by atoms with van der Waals surface area (Å²) < 4.78 is 37.6. The van der Waals surface area contributed by atoms with E-state index < -0.39 is 17.9 Å². The van der Waals surface area contributed by atoms with Crippen LogP contribution in [0.3, 0.4) is 0 Å². The maximum atomic E-state index is 12.5. The van der Waals surface area contributed by atoms with Crippen molar-refractivity contribution in [3.05, 3.63) is 78.4 Å². The molecule has 0 bridgehead atoms. The summed E-state index contributed by atoms with van der Waals surface area (Å²) in [6.07, 6.45) is 2.68. The van der Waals surface area contributed by atoms with Gasteiger partial charge in [0.05, 0.1) is 11.7 Å². The molecule has 1 aliphatic rings. The molecule has 1 fully saturated rings. The van der Waals surface area contributed by atoms with Crippen LogP contribution in [0.1, 0.15) is 49.9 Å². The molecule has 0 aliphatic heterocycles. The molecule has 0 radical (unpaired) electrons. The Labute approximate surface area is 233 Å². The molecular formula is C30H34O10. The summed E-state index contributed by atoms with van der Waals surface area (Å²) in [6, 6.07) is 13.3. The summed E-state index contributed by atoms with van der Waals surface area (Å²) >= 11 is 0. The van der Waals surface area contributed by atoms with E-state index in [0.29, 0.717) is 41.2 Å². The van der Waals surface area contributed by atoms with Crippen LogP contribution in [0.25, 0.3) is 0 Å². The van der Waals surface area contributed by atoms with Gasteiger partial charge in [0.25, 0.3) is 0 Å². The van der Waals surface area contributed by atoms with E-state index >= 15 is 0 Å². The van der Waals surface area contributed by atoms with Gasteiger partial charge in [0, 0.05) is 11.1 Å². The molecule has 10 heteroatoms. The van der Waals surface area contributed by atoms with Crippen LogP contribution >= 0.6 is 0 Å². The first kappa shape index (κ1) is 30.2. The second kappa shape index (κ2) is 15.3. The van der Waals surface area contributed by atoms with Gasteiger partial charge in [-0.1, -0.05) is 13.2 Å². The highest BCUT2D eigenvalue weighted by molar-refractivity contribution is 5.89. The van der Waals surface area contributed by atoms with Crippen LogP contribution in [-0.4, -0.2) is 50.5 Å². The first-order chi connectivity index (χ1) is 19.2. The summed E-state index contributed by atoms with van der Waals surface area (Å²) in [6.45, 7) is 9.75. The average Bonchev–Trinajstić information content (AvgIpc) is 2.95. The zero-order valence-corrected chi connectivity index (χ0v) is 22.7. The second-order valence-corrected chi connectivity index (χ2v) is 9.18. The minimum atomic E-state index is -0.535. The van der Waals surface area contributed by atoms with Gasteiger partial charge >= 0.3 is 17.9 Å². The first-order valence-corrected chi connectivity index (χ1v) is 12.8. The molecule has 3 rings (SSSR count). The minimum absolute atomic E-state index is 0.0102. The van der Waals surface area contributed by atoms with Crippen molar-refractivity contribution in [2.75, 3.05) is 20.4 Å². The van der Waals surface area contributed by atoms with Gasteiger partial charge in [-0.3, -0.25) is 0 Å². The molecule has 2 aromatic carbocycles. The fraction of sp³-hybridized carbons (Fsp3) is 0.367. The fourth-order valence-electron chi connectivity index (χ4n) is 3.60. The molecule has 0 atom stereocenters. The molecule has 1 saturated carbocycles. The Morgan fingerprint density at radius 2 is 1.05 bits per heavy atom. The smallest absolute Gasteiger partial charge is 0.338 e. The number of rotatable bonds is 14. The Kier molecular flexibility index (Phi) is 11.6. The van der Waals surface area contributed by atoms with Crippen molar-refractivity contribution in [3.63, 3.8) is 0 Å². The van der Waals surface area contributed by atoms with Crippen LogP contribution in [0.5, 0.6) is 17.2 Å². The largest absolute Gasteiger partial charge is 0.468 e. The highest BCUT2D eigenvalue weighted by Crippen LogP contribution is 2.25. The van der Waals surface area contributed by atoms with Crippen LogP contribution < -0.4 is 14.2 Å². The quantitative estimate of drug-likeness (QED) is 0.135. The molecule has 0 N–H and O–H groups in total. The van der Waals surface area contributed by atoms with Crippen LogP contribution in [0.2, 0.25) is 0 Å². The Balaban J connectivity index is 1.30. The highest BCUT2D eigenvalue weighted by atomic mass is 16.7. The van der Waals surface area contributed by atoms with E-state index in [2.05, 4.69) is 13.2 Å². The fourth-order valence-corrected chi connectivity index (χ4v) is 3.60. The van der Waals surface area contributed by atoms with Gasteiger partial charge < -0.3 is 33.2 Å². The lowest BCUT2D eigenvalue weighted by Crippen LogP contribution is -2.29. The zero-order chi connectivity index (χ0) is 28.9. The lowest BCUT2D eigenvalue weighted by molar-refractivity contribution is -0.146. The van der Waals surface area contributed by atoms with Gasteiger partial charge in [0.15, 0.2) is 6.79 Å². The number of hydrogen-bond donors (Lipinski definition) is 0. The van der Waals surface area contributed by atoms with E-state index in [1.165, 1.54) is 0 Å². The zero-order valence-electron chi connectivity index (χ0n) is 22.7. The van der Waals surface area contributed by atoms with Crippen molar-refractivity contribution >= 4 is 17.9 Å². The van der Waals surface area contributed by atoms with Crippen LogP contribution in [0.15, 0.2) is 72.8 Å². The molecule has 0 saturated heterocycles. The van der Waals surface area contributed by atoms with Crippen molar-refractivity contribution in [3.8, 4) is 17.2 Å². The van der Waals surface area contributed by atoms with Crippen LogP contribution in [0.4, 0.5) is 0 Å². The van der Waals surface area contributed by atoms with E-state index in [0.717, 1.165) is 12.8 Å². The molecule has 0 heterocycles. The summed E-state index contributed by atoms with van der Waals surface area (Å²) in [5, 5.41) is 0. The molecule has 40 heavy (non-hydrogen) atoms. The maximum Gasteiger partial charge on any atom is 0.338 e. The SMILES string of the molecule is C=C(C)C(=O)OCOc1ccc(OCOC2CCC(OC(=O)c3ccc(OCOC(=O)C(=C)C)cc3)CC2)cc1. The molecule has 0 aromatic heterocycles. The van der Waals surface area contributed by atoms with E-state index in [1.54, 1.807) is 62.4 Å². The summed E-state index contributed by atoms with van der Waals surface area (Å²) in [7, 11) is 0. The molecule has 0 amide bonds. The number of esters is 3. The van der Waals surface area contributed by atoms with Crippen LogP contribution in [-0.2, 0) is 28.5 Å². The molecule has 214 valence electrons. The lowest BCUT2D eigenvalue weighted by atomic mass is 9.95. The standard InChI is InChI=1S/C30H34O10/c1-20(2)28(31)38-18-36-23-7-5-22(6-8-23)30(33)40-27-15-13-26(14-16-27)35-17-34-24-9-11-25(12-10-24)37-19-39-29(32)21(3)4/h5-12,26-27H,1,3,13-19H2,2,4H3. The first-order valence-electron chi connectivity index (χ1n) is 12.8. The predicted molar refractivity (Wildman–Crippen MR) is 144 cm³/mol. The van der Waals surface area contributed by atoms with Gasteiger partial charge in [0.2, 0.25) is 13.6 Å². The van der Waals surface area contributed by atoms with E-state index in [-0.39, 0.29) is 38.2 Å². The van der Waals surface area contributed by atoms with Crippen molar-refractivity contribution in [2.45, 2.75) is 51.7 Å². The van der Waals surface area contributed by atoms with Gasteiger partial charge in [-0.25, -0.2) is 14.4 Å². The third kappa shape index (κ3) is 10.1. The molecule has 2 aromatic rings. The molecule has 0 unspecified atom stereocenters. The van der Waals surface area contributed by atoms with Gasteiger partial charge in [-0.15, -0.1) is 0 Å². The summed E-state index contributed by atoms with van der Waals surface area (Å²) in [5.41, 5.74) is 0.993. The number of carbonyl (C=O) groups is 3. The third-order valence-electron chi connectivity index (χ3n) is 5.87. The molecule has 10 nitrogen and oxygen atoms in total. The number of carbonyl (C=O) groups excluding carboxylic acids is 3. The number of ether oxygens (including phenoxy) is 7. The lowest BCUT2D eigenvalue weighted by Gasteiger charge is -2.28. The van der Waals surface area contributed by atoms with Crippen LogP contribution in [0, 0.1) is 0 Å². The molecular weight excluding hydrogens is 520 g/mol. The van der Waals surface area contributed by atoms with E-state index in [1.807, 2.05) is 0 Å². The Morgan fingerprint density at radius 1 is 0.650 bits per heavy atom. The van der Waals surface area contributed by atoms with E-state index in [4.69, 9.17) is 33.2 Å². The average molecular weight is 555 g/mol. The molecule has 1 aliphatic carbocycles. The summed E-state index contributed by atoms with van der Waals surface area (Å²) in [4.78, 5) is 35.2. The topological polar surface area (TPSA) is 116 Å². The third-order valence-corrected chi connectivity index (χ3v) is 5.87. The monoisotopic (exact) mass is 554 g/mol. The second-order valence-electron chi connectivity index (χ2n) is 9.18. The summed E-state index contributed by atoms with van der Waals surface area (Å²) in [5.74, 6) is 0.140. The van der Waals surface area contributed by atoms with Crippen molar-refractivity contribution in [1.29, 1.82) is 0 Å². The Morgan fingerprint density at radius 3 is 1.50 bits per heavy atom. The normalized spacial score (nSPS) is 16.2. The Hall–Kier alpha value is -4.31. The van der Waals surface area contributed by atoms with Crippen molar-refractivity contribution in [1.82, 2.24) is 0 Å². The molecule has 0 spiro atoms. The maximum absolute atomic E-state index is 12.5. The van der Waals surface area contributed by atoms with Gasteiger partial charge in [-0.05, 0) is 88.1 Å². The number of benzene rings is 2. The predicted octanol–water partition coefficient (Wildman–Crippen LogP) is 5.12. The minimum Gasteiger partial charge on any atom is -0.468 e. The highest BCUT2D eigenvalue weighted by Gasteiger charge is 2.25. The van der Waals surface area contributed by atoms with Crippen molar-refractivity contribution < 1.29 is 47.5 Å². The van der Waals surface area contributed by atoms with Gasteiger partial charge in [0.1, 0.15) is 23.4 Å². The number of hydrogen-bond acceptors (Lipinski definition) is 10. The van der Waals surface area contributed by atoms with E-state index in [9.17, 15) is 14.4 Å². The van der Waals surface area contributed by atoms with Gasteiger partial charge in [-0.2, -0.15) is 0 Å².